The van der Waals surface area contributed by atoms with Crippen LogP contribution in [0.25, 0.3) is 0 Å². The first-order valence-electron chi connectivity index (χ1n) is 6.69. The summed E-state index contributed by atoms with van der Waals surface area (Å²) < 4.78 is 0. The van der Waals surface area contributed by atoms with Crippen molar-refractivity contribution in [2.75, 3.05) is 25.1 Å². The van der Waals surface area contributed by atoms with Gasteiger partial charge < -0.3 is 10.2 Å². The van der Waals surface area contributed by atoms with Gasteiger partial charge in [-0.3, -0.25) is 4.79 Å². The van der Waals surface area contributed by atoms with Crippen LogP contribution in [0.2, 0.25) is 0 Å². The number of nitrogens with one attached hydrogen (secondary N) is 1. The smallest absolute Gasteiger partial charge is 0.239 e. The van der Waals surface area contributed by atoms with Gasteiger partial charge in [-0.05, 0) is 31.3 Å². The van der Waals surface area contributed by atoms with Gasteiger partial charge in [0.1, 0.15) is 0 Å². The van der Waals surface area contributed by atoms with Crippen molar-refractivity contribution in [3.8, 4) is 0 Å². The van der Waals surface area contributed by atoms with Crippen LogP contribution in [0.5, 0.6) is 0 Å². The first-order valence-corrected chi connectivity index (χ1v) is 8.08. The zero-order valence-electron chi connectivity index (χ0n) is 11.4. The summed E-state index contributed by atoms with van der Waals surface area (Å²) in [6.07, 6.45) is 6.79. The van der Waals surface area contributed by atoms with Gasteiger partial charge in [0.2, 0.25) is 5.91 Å². The van der Waals surface area contributed by atoms with Crippen molar-refractivity contribution < 1.29 is 4.79 Å². The fraction of sp³-hybridized carbons (Fsp3) is 0.923. The van der Waals surface area contributed by atoms with E-state index in [9.17, 15) is 4.79 Å². The highest BCUT2D eigenvalue weighted by Gasteiger charge is 2.30. The van der Waals surface area contributed by atoms with E-state index in [0.717, 1.165) is 25.9 Å². The molecule has 100 valence electrons. The van der Waals surface area contributed by atoms with E-state index in [1.165, 1.54) is 18.6 Å². The Kier molecular flexibility index (Phi) is 6.97. The zero-order chi connectivity index (χ0) is 12.7. The molecule has 0 spiro atoms. The lowest BCUT2D eigenvalue weighted by molar-refractivity contribution is -0.129. The SMILES string of the molecule is CSCCCCCN1CCC(NC(C)C)C1=O. The van der Waals surface area contributed by atoms with Crippen LogP contribution in [0.15, 0.2) is 0 Å². The van der Waals surface area contributed by atoms with Crippen LogP contribution in [-0.2, 0) is 4.79 Å². The van der Waals surface area contributed by atoms with Crippen LogP contribution >= 0.6 is 11.8 Å². The van der Waals surface area contributed by atoms with Crippen LogP contribution in [0.4, 0.5) is 0 Å². The average Bonchev–Trinajstić information content (AvgIpc) is 2.60. The minimum Gasteiger partial charge on any atom is -0.341 e. The number of hydrogen-bond donors (Lipinski definition) is 1. The lowest BCUT2D eigenvalue weighted by Gasteiger charge is -2.18. The van der Waals surface area contributed by atoms with E-state index in [-0.39, 0.29) is 6.04 Å². The molecule has 1 fully saturated rings. The predicted molar refractivity (Wildman–Crippen MR) is 75.5 cm³/mol. The Morgan fingerprint density at radius 2 is 2.18 bits per heavy atom. The molecular weight excluding hydrogens is 232 g/mol. The van der Waals surface area contributed by atoms with Gasteiger partial charge in [-0.15, -0.1) is 0 Å². The molecule has 0 aromatic heterocycles. The molecule has 1 rings (SSSR count). The topological polar surface area (TPSA) is 32.3 Å². The largest absolute Gasteiger partial charge is 0.341 e. The Hall–Kier alpha value is -0.220. The molecule has 0 aromatic carbocycles. The van der Waals surface area contributed by atoms with Crippen LogP contribution in [0.1, 0.15) is 39.5 Å². The first kappa shape index (κ1) is 14.8. The van der Waals surface area contributed by atoms with Crippen molar-refractivity contribution >= 4 is 17.7 Å². The Morgan fingerprint density at radius 1 is 1.41 bits per heavy atom. The lowest BCUT2D eigenvalue weighted by Crippen LogP contribution is -2.41. The van der Waals surface area contributed by atoms with Crippen molar-refractivity contribution in [2.24, 2.45) is 0 Å². The Balaban J connectivity index is 2.16. The number of carbonyl (C=O) groups is 1. The van der Waals surface area contributed by atoms with Gasteiger partial charge >= 0.3 is 0 Å². The number of nitrogens with zero attached hydrogens (tertiary/aromatic N) is 1. The van der Waals surface area contributed by atoms with Crippen molar-refractivity contribution in [3.05, 3.63) is 0 Å². The van der Waals surface area contributed by atoms with Crippen molar-refractivity contribution in [3.63, 3.8) is 0 Å². The molecule has 1 atom stereocenters. The number of rotatable bonds is 8. The van der Waals surface area contributed by atoms with Crippen molar-refractivity contribution in [2.45, 2.75) is 51.6 Å². The molecule has 1 N–H and O–H groups in total. The third kappa shape index (κ3) is 5.30. The maximum absolute atomic E-state index is 12.0. The van der Waals surface area contributed by atoms with Crippen LogP contribution < -0.4 is 5.32 Å². The molecule has 1 unspecified atom stereocenters. The highest BCUT2D eigenvalue weighted by atomic mass is 32.2. The lowest BCUT2D eigenvalue weighted by atomic mass is 10.2. The number of carbonyl (C=O) groups excluding carboxylic acids is 1. The molecule has 1 heterocycles. The van der Waals surface area contributed by atoms with E-state index in [2.05, 4.69) is 25.4 Å². The summed E-state index contributed by atoms with van der Waals surface area (Å²) in [5.41, 5.74) is 0. The molecule has 1 saturated heterocycles. The second-order valence-corrected chi connectivity index (χ2v) is 6.03. The number of hydrogen-bond acceptors (Lipinski definition) is 3. The van der Waals surface area contributed by atoms with Gasteiger partial charge in [-0.25, -0.2) is 0 Å². The number of thioether (sulfide) groups is 1. The van der Waals surface area contributed by atoms with Gasteiger partial charge in [0.25, 0.3) is 0 Å². The molecule has 0 aliphatic carbocycles. The normalized spacial score (nSPS) is 20.6. The van der Waals surface area contributed by atoms with Gasteiger partial charge in [-0.2, -0.15) is 11.8 Å². The zero-order valence-corrected chi connectivity index (χ0v) is 12.2. The Labute approximate surface area is 110 Å². The molecule has 0 saturated carbocycles. The van der Waals surface area contributed by atoms with E-state index in [0.29, 0.717) is 11.9 Å². The molecule has 1 amide bonds. The third-order valence-electron chi connectivity index (χ3n) is 3.11. The fourth-order valence-electron chi connectivity index (χ4n) is 2.24. The molecule has 0 aromatic rings. The van der Waals surface area contributed by atoms with E-state index in [1.807, 2.05) is 16.7 Å². The summed E-state index contributed by atoms with van der Waals surface area (Å²) in [5.74, 6) is 1.55. The summed E-state index contributed by atoms with van der Waals surface area (Å²) in [6, 6.07) is 0.465. The standard InChI is InChI=1S/C13H26N2OS/c1-11(2)14-12-7-9-15(13(12)16)8-5-4-6-10-17-3/h11-12,14H,4-10H2,1-3H3. The van der Waals surface area contributed by atoms with Crippen molar-refractivity contribution in [1.29, 1.82) is 0 Å². The number of likely N-dealkylation sites (tertiary alicyclic amines) is 1. The minimum absolute atomic E-state index is 0.0706. The molecule has 0 radical (unpaired) electrons. The molecule has 3 nitrogen and oxygen atoms in total. The van der Waals surface area contributed by atoms with Crippen LogP contribution in [0.3, 0.4) is 0 Å². The predicted octanol–water partition coefficient (Wildman–Crippen LogP) is 2.12. The number of unbranched alkanes of at least 4 members (excludes halogenated alkanes) is 2. The average molecular weight is 258 g/mol. The third-order valence-corrected chi connectivity index (χ3v) is 3.81. The second-order valence-electron chi connectivity index (χ2n) is 5.04. The summed E-state index contributed by atoms with van der Waals surface area (Å²) in [5, 5.41) is 3.34. The molecule has 4 heteroatoms. The van der Waals surface area contributed by atoms with Gasteiger partial charge in [0, 0.05) is 19.1 Å². The van der Waals surface area contributed by atoms with E-state index >= 15 is 0 Å². The molecule has 1 aliphatic heterocycles. The van der Waals surface area contributed by atoms with E-state index in [1.54, 1.807) is 0 Å². The quantitative estimate of drug-likeness (QED) is 0.677. The summed E-state index contributed by atoms with van der Waals surface area (Å²) in [7, 11) is 0. The van der Waals surface area contributed by atoms with Crippen LogP contribution in [0, 0.1) is 0 Å². The fourth-order valence-corrected chi connectivity index (χ4v) is 2.74. The summed E-state index contributed by atoms with van der Waals surface area (Å²) in [6.45, 7) is 6.08. The van der Waals surface area contributed by atoms with Gasteiger partial charge in [0.05, 0.1) is 6.04 Å². The molecule has 0 bridgehead atoms. The van der Waals surface area contributed by atoms with Crippen LogP contribution in [-0.4, -0.2) is 48.0 Å². The minimum atomic E-state index is 0.0706. The van der Waals surface area contributed by atoms with E-state index < -0.39 is 0 Å². The first-order chi connectivity index (χ1) is 8.15. The molecule has 17 heavy (non-hydrogen) atoms. The highest BCUT2D eigenvalue weighted by Crippen LogP contribution is 2.13. The molecule has 1 aliphatic rings. The summed E-state index contributed by atoms with van der Waals surface area (Å²) in [4.78, 5) is 14.0. The Bertz CT molecular complexity index is 233. The second kappa shape index (κ2) is 7.98. The van der Waals surface area contributed by atoms with Gasteiger partial charge in [0.15, 0.2) is 0 Å². The van der Waals surface area contributed by atoms with Crippen molar-refractivity contribution in [1.82, 2.24) is 10.2 Å². The van der Waals surface area contributed by atoms with Gasteiger partial charge in [-0.1, -0.05) is 20.3 Å². The maximum Gasteiger partial charge on any atom is 0.239 e. The summed E-state index contributed by atoms with van der Waals surface area (Å²) >= 11 is 1.90. The Morgan fingerprint density at radius 3 is 2.82 bits per heavy atom. The maximum atomic E-state index is 12.0. The highest BCUT2D eigenvalue weighted by molar-refractivity contribution is 7.98. The molecular formula is C13H26N2OS. The van der Waals surface area contributed by atoms with E-state index in [4.69, 9.17) is 0 Å². The monoisotopic (exact) mass is 258 g/mol. The number of amides is 1.